The lowest BCUT2D eigenvalue weighted by Crippen LogP contribution is -2.19. The van der Waals surface area contributed by atoms with Gasteiger partial charge in [-0.2, -0.15) is 5.10 Å². The van der Waals surface area contributed by atoms with Gasteiger partial charge >= 0.3 is 0 Å². The molecule has 0 bridgehead atoms. The molecule has 0 spiro atoms. The Morgan fingerprint density at radius 2 is 2.16 bits per heavy atom. The van der Waals surface area contributed by atoms with Gasteiger partial charge in [-0.1, -0.05) is 13.8 Å². The van der Waals surface area contributed by atoms with Gasteiger partial charge in [-0.05, 0) is 59.7 Å². The minimum absolute atomic E-state index is 0.662. The highest BCUT2D eigenvalue weighted by Gasteiger charge is 2.04. The van der Waals surface area contributed by atoms with Crippen molar-refractivity contribution in [2.24, 2.45) is 5.92 Å². The van der Waals surface area contributed by atoms with Crippen LogP contribution in [-0.2, 0) is 6.54 Å². The fraction of sp³-hybridized carbons (Fsp3) is 0.429. The predicted octanol–water partition coefficient (Wildman–Crippen LogP) is 2.93. The SMILES string of the molecule is Cc1cc(CNCC(C)C)cc(-n2cc(I)cn2)n1. The second-order valence-electron chi connectivity index (χ2n) is 5.10. The number of aromatic nitrogens is 3. The Morgan fingerprint density at radius 3 is 2.79 bits per heavy atom. The lowest BCUT2D eigenvalue weighted by Gasteiger charge is -2.09. The first kappa shape index (κ1) is 14.5. The van der Waals surface area contributed by atoms with Gasteiger partial charge in [0.05, 0.1) is 9.77 Å². The number of nitrogens with one attached hydrogen (secondary N) is 1. The number of aryl methyl sites for hydroxylation is 1. The van der Waals surface area contributed by atoms with E-state index in [-0.39, 0.29) is 0 Å². The van der Waals surface area contributed by atoms with Crippen molar-refractivity contribution in [2.75, 3.05) is 6.54 Å². The monoisotopic (exact) mass is 370 g/mol. The van der Waals surface area contributed by atoms with Crippen LogP contribution in [0.5, 0.6) is 0 Å². The van der Waals surface area contributed by atoms with E-state index in [0.717, 1.165) is 28.2 Å². The summed E-state index contributed by atoms with van der Waals surface area (Å²) in [7, 11) is 0. The Morgan fingerprint density at radius 1 is 1.37 bits per heavy atom. The summed E-state index contributed by atoms with van der Waals surface area (Å²) < 4.78 is 2.93. The van der Waals surface area contributed by atoms with Crippen molar-refractivity contribution in [2.45, 2.75) is 27.3 Å². The molecule has 2 heterocycles. The van der Waals surface area contributed by atoms with Crippen LogP contribution in [0.1, 0.15) is 25.1 Å². The molecule has 102 valence electrons. The lowest BCUT2D eigenvalue weighted by molar-refractivity contribution is 0.552. The van der Waals surface area contributed by atoms with E-state index in [9.17, 15) is 0 Å². The Labute approximate surface area is 127 Å². The van der Waals surface area contributed by atoms with Gasteiger partial charge in [0, 0.05) is 18.4 Å². The van der Waals surface area contributed by atoms with Crippen molar-refractivity contribution in [1.29, 1.82) is 0 Å². The summed E-state index contributed by atoms with van der Waals surface area (Å²) in [6, 6.07) is 4.20. The van der Waals surface area contributed by atoms with Crippen LogP contribution in [0.25, 0.3) is 5.82 Å². The Bertz CT molecular complexity index is 548. The standard InChI is InChI=1S/C14H19IN4/c1-10(2)6-16-7-12-4-11(3)18-14(5-12)19-9-13(15)8-17-19/h4-5,8-10,16H,6-7H2,1-3H3. The topological polar surface area (TPSA) is 42.7 Å². The van der Waals surface area contributed by atoms with Crippen LogP contribution in [0.15, 0.2) is 24.5 Å². The normalized spacial score (nSPS) is 11.2. The molecule has 0 atom stereocenters. The van der Waals surface area contributed by atoms with E-state index in [1.54, 1.807) is 0 Å². The molecule has 0 amide bonds. The molecule has 0 saturated heterocycles. The van der Waals surface area contributed by atoms with Gasteiger partial charge in [0.2, 0.25) is 0 Å². The molecule has 1 N–H and O–H groups in total. The highest BCUT2D eigenvalue weighted by atomic mass is 127. The summed E-state index contributed by atoms with van der Waals surface area (Å²) >= 11 is 2.25. The van der Waals surface area contributed by atoms with Gasteiger partial charge in [0.15, 0.2) is 5.82 Å². The second kappa shape index (κ2) is 6.47. The van der Waals surface area contributed by atoms with Crippen molar-refractivity contribution in [3.8, 4) is 5.82 Å². The van der Waals surface area contributed by atoms with E-state index in [4.69, 9.17) is 0 Å². The van der Waals surface area contributed by atoms with E-state index in [1.165, 1.54) is 5.56 Å². The Hall–Kier alpha value is -0.950. The van der Waals surface area contributed by atoms with Gasteiger partial charge in [-0.15, -0.1) is 0 Å². The molecule has 0 aliphatic heterocycles. The van der Waals surface area contributed by atoms with Crippen LogP contribution in [0.3, 0.4) is 0 Å². The molecule has 0 fully saturated rings. The average Bonchev–Trinajstić information content (AvgIpc) is 2.75. The summed E-state index contributed by atoms with van der Waals surface area (Å²) in [5.41, 5.74) is 2.26. The number of nitrogens with zero attached hydrogens (tertiary/aromatic N) is 3. The fourth-order valence-corrected chi connectivity index (χ4v) is 2.26. The minimum Gasteiger partial charge on any atom is -0.312 e. The summed E-state index contributed by atoms with van der Waals surface area (Å²) in [4.78, 5) is 4.53. The summed E-state index contributed by atoms with van der Waals surface area (Å²) in [5, 5.41) is 7.76. The first-order valence-electron chi connectivity index (χ1n) is 6.43. The molecule has 5 heteroatoms. The predicted molar refractivity (Wildman–Crippen MR) is 85.4 cm³/mol. The summed E-state index contributed by atoms with van der Waals surface area (Å²) in [6.45, 7) is 8.33. The first-order chi connectivity index (χ1) is 9.04. The summed E-state index contributed by atoms with van der Waals surface area (Å²) in [5.74, 6) is 1.54. The molecule has 2 aromatic rings. The smallest absolute Gasteiger partial charge is 0.153 e. The minimum atomic E-state index is 0.662. The Balaban J connectivity index is 2.15. The van der Waals surface area contributed by atoms with Crippen molar-refractivity contribution >= 4 is 22.6 Å². The molecule has 2 aromatic heterocycles. The van der Waals surface area contributed by atoms with Gasteiger partial charge in [0.25, 0.3) is 0 Å². The highest BCUT2D eigenvalue weighted by Crippen LogP contribution is 2.11. The zero-order chi connectivity index (χ0) is 13.8. The van der Waals surface area contributed by atoms with Gasteiger partial charge < -0.3 is 5.32 Å². The summed E-state index contributed by atoms with van der Waals surface area (Å²) in [6.07, 6.45) is 3.81. The van der Waals surface area contributed by atoms with E-state index < -0.39 is 0 Å². The van der Waals surface area contributed by atoms with Crippen LogP contribution in [0.2, 0.25) is 0 Å². The fourth-order valence-electron chi connectivity index (χ4n) is 1.87. The van der Waals surface area contributed by atoms with Crippen molar-refractivity contribution in [1.82, 2.24) is 20.1 Å². The van der Waals surface area contributed by atoms with Crippen LogP contribution < -0.4 is 5.32 Å². The van der Waals surface area contributed by atoms with E-state index in [0.29, 0.717) is 5.92 Å². The molecule has 0 aromatic carbocycles. The van der Waals surface area contributed by atoms with Gasteiger partial charge in [0.1, 0.15) is 0 Å². The second-order valence-corrected chi connectivity index (χ2v) is 6.35. The van der Waals surface area contributed by atoms with Crippen LogP contribution in [0, 0.1) is 16.4 Å². The van der Waals surface area contributed by atoms with Crippen LogP contribution >= 0.6 is 22.6 Å². The van der Waals surface area contributed by atoms with Gasteiger partial charge in [-0.25, -0.2) is 9.67 Å². The van der Waals surface area contributed by atoms with Crippen molar-refractivity contribution in [3.05, 3.63) is 39.4 Å². The quantitative estimate of drug-likeness (QED) is 0.824. The number of pyridine rings is 1. The maximum atomic E-state index is 4.53. The number of hydrogen-bond acceptors (Lipinski definition) is 3. The van der Waals surface area contributed by atoms with E-state index in [2.05, 4.69) is 64.0 Å². The molecule has 2 rings (SSSR count). The van der Waals surface area contributed by atoms with Crippen molar-refractivity contribution < 1.29 is 0 Å². The van der Waals surface area contributed by atoms with Gasteiger partial charge in [-0.3, -0.25) is 0 Å². The molecular formula is C14H19IN4. The Kier molecular flexibility index (Phi) is 4.93. The molecule has 0 radical (unpaired) electrons. The molecular weight excluding hydrogens is 351 g/mol. The molecule has 4 nitrogen and oxygen atoms in total. The maximum Gasteiger partial charge on any atom is 0.153 e. The van der Waals surface area contributed by atoms with E-state index >= 15 is 0 Å². The van der Waals surface area contributed by atoms with Crippen molar-refractivity contribution in [3.63, 3.8) is 0 Å². The largest absolute Gasteiger partial charge is 0.312 e. The maximum absolute atomic E-state index is 4.53. The third-order valence-corrected chi connectivity index (χ3v) is 3.22. The number of halogens is 1. The molecule has 0 unspecified atom stereocenters. The van der Waals surface area contributed by atoms with Crippen LogP contribution in [0.4, 0.5) is 0 Å². The molecule has 0 aliphatic rings. The highest BCUT2D eigenvalue weighted by molar-refractivity contribution is 14.1. The zero-order valence-electron chi connectivity index (χ0n) is 11.5. The average molecular weight is 370 g/mol. The third kappa shape index (κ3) is 4.28. The number of rotatable bonds is 5. The molecule has 0 saturated carbocycles. The zero-order valence-corrected chi connectivity index (χ0v) is 13.7. The number of hydrogen-bond donors (Lipinski definition) is 1. The molecule has 0 aliphatic carbocycles. The lowest BCUT2D eigenvalue weighted by atomic mass is 10.2. The van der Waals surface area contributed by atoms with Crippen LogP contribution in [-0.4, -0.2) is 21.3 Å². The third-order valence-electron chi connectivity index (χ3n) is 2.67. The first-order valence-corrected chi connectivity index (χ1v) is 7.51. The van der Waals surface area contributed by atoms with E-state index in [1.807, 2.05) is 24.0 Å². The molecule has 19 heavy (non-hydrogen) atoms.